The normalized spacial score (nSPS) is 21.4. The third-order valence-corrected chi connectivity index (χ3v) is 3.33. The Bertz CT molecular complexity index is 389. The van der Waals surface area contributed by atoms with E-state index in [1.54, 1.807) is 0 Å². The molecule has 0 saturated carbocycles. The first kappa shape index (κ1) is 11.9. The zero-order valence-corrected chi connectivity index (χ0v) is 10.1. The molecule has 0 aromatic carbocycles. The number of likely N-dealkylation sites (N-methyl/N-ethyl adjacent to an activating group) is 1. The first-order valence-corrected chi connectivity index (χ1v) is 5.95. The van der Waals surface area contributed by atoms with E-state index in [0.717, 1.165) is 13.0 Å². The molecule has 6 heteroatoms. The van der Waals surface area contributed by atoms with E-state index >= 15 is 0 Å². The summed E-state index contributed by atoms with van der Waals surface area (Å²) in [6, 6.07) is 0.431. The highest BCUT2D eigenvalue weighted by Gasteiger charge is 2.20. The summed E-state index contributed by atoms with van der Waals surface area (Å²) in [6.45, 7) is 1.77. The van der Waals surface area contributed by atoms with Crippen molar-refractivity contribution in [1.29, 1.82) is 0 Å². The molecule has 1 aliphatic heterocycles. The number of nitrogens with two attached hydrogens (primary N) is 1. The van der Waals surface area contributed by atoms with Crippen molar-refractivity contribution >= 4 is 11.7 Å². The molecule has 1 unspecified atom stereocenters. The number of H-pyrrole nitrogens is 1. The summed E-state index contributed by atoms with van der Waals surface area (Å²) in [7, 11) is 2.10. The van der Waals surface area contributed by atoms with Crippen molar-refractivity contribution in [1.82, 2.24) is 20.4 Å². The SMILES string of the molecule is CN1CCCCC1CNC(=O)c1cn[nH]c1N. The Labute approximate surface area is 101 Å². The zero-order valence-electron chi connectivity index (χ0n) is 10.1. The molecule has 1 saturated heterocycles. The van der Waals surface area contributed by atoms with E-state index in [1.807, 2.05) is 0 Å². The first-order chi connectivity index (χ1) is 8.18. The highest BCUT2D eigenvalue weighted by Crippen LogP contribution is 2.14. The van der Waals surface area contributed by atoms with Gasteiger partial charge in [0.05, 0.1) is 6.20 Å². The molecule has 0 aliphatic carbocycles. The molecule has 17 heavy (non-hydrogen) atoms. The van der Waals surface area contributed by atoms with Gasteiger partial charge in [-0.05, 0) is 26.4 Å². The van der Waals surface area contributed by atoms with Crippen LogP contribution < -0.4 is 11.1 Å². The van der Waals surface area contributed by atoms with Gasteiger partial charge in [-0.25, -0.2) is 0 Å². The van der Waals surface area contributed by atoms with Gasteiger partial charge in [0, 0.05) is 12.6 Å². The maximum Gasteiger partial charge on any atom is 0.256 e. The molecule has 1 atom stereocenters. The molecular weight excluding hydrogens is 218 g/mol. The van der Waals surface area contributed by atoms with Gasteiger partial charge in [0.15, 0.2) is 0 Å². The fraction of sp³-hybridized carbons (Fsp3) is 0.636. The van der Waals surface area contributed by atoms with Gasteiger partial charge >= 0.3 is 0 Å². The summed E-state index contributed by atoms with van der Waals surface area (Å²) in [5, 5.41) is 9.19. The molecule has 1 aromatic heterocycles. The Hall–Kier alpha value is -1.56. The van der Waals surface area contributed by atoms with Crippen LogP contribution >= 0.6 is 0 Å². The van der Waals surface area contributed by atoms with Gasteiger partial charge in [0.1, 0.15) is 11.4 Å². The molecule has 0 radical (unpaired) electrons. The minimum Gasteiger partial charge on any atom is -0.383 e. The second kappa shape index (κ2) is 5.18. The second-order valence-corrected chi connectivity index (χ2v) is 4.54. The number of amides is 1. The molecule has 4 N–H and O–H groups in total. The molecule has 1 aliphatic rings. The molecule has 1 fully saturated rings. The van der Waals surface area contributed by atoms with Crippen LogP contribution in [0, 0.1) is 0 Å². The molecule has 94 valence electrons. The van der Waals surface area contributed by atoms with Crippen LogP contribution in [-0.2, 0) is 0 Å². The summed E-state index contributed by atoms with van der Waals surface area (Å²) < 4.78 is 0. The number of carbonyl (C=O) groups is 1. The van der Waals surface area contributed by atoms with Gasteiger partial charge in [-0.1, -0.05) is 6.42 Å². The maximum absolute atomic E-state index is 11.8. The highest BCUT2D eigenvalue weighted by molar-refractivity contribution is 5.98. The largest absolute Gasteiger partial charge is 0.383 e. The molecule has 1 amide bonds. The third-order valence-electron chi connectivity index (χ3n) is 3.33. The molecule has 1 aromatic rings. The summed E-state index contributed by atoms with van der Waals surface area (Å²) in [5.74, 6) is 0.162. The summed E-state index contributed by atoms with van der Waals surface area (Å²) in [6.07, 6.45) is 5.07. The fourth-order valence-electron chi connectivity index (χ4n) is 2.18. The van der Waals surface area contributed by atoms with Crippen molar-refractivity contribution in [3.8, 4) is 0 Å². The van der Waals surface area contributed by atoms with E-state index in [4.69, 9.17) is 5.73 Å². The number of nitrogen functional groups attached to an aromatic ring is 1. The van der Waals surface area contributed by atoms with Crippen molar-refractivity contribution in [2.75, 3.05) is 25.9 Å². The number of likely N-dealkylation sites (tertiary alicyclic amines) is 1. The monoisotopic (exact) mass is 237 g/mol. The van der Waals surface area contributed by atoms with Crippen LogP contribution in [0.4, 0.5) is 5.82 Å². The predicted molar refractivity (Wildman–Crippen MR) is 65.6 cm³/mol. The minimum absolute atomic E-state index is 0.157. The second-order valence-electron chi connectivity index (χ2n) is 4.54. The maximum atomic E-state index is 11.8. The zero-order chi connectivity index (χ0) is 12.3. The number of hydrogen-bond acceptors (Lipinski definition) is 4. The van der Waals surface area contributed by atoms with Gasteiger partial charge < -0.3 is 16.0 Å². The van der Waals surface area contributed by atoms with Crippen molar-refractivity contribution in [3.05, 3.63) is 11.8 Å². The van der Waals surface area contributed by atoms with Crippen LogP contribution in [0.3, 0.4) is 0 Å². The Morgan fingerprint density at radius 1 is 1.71 bits per heavy atom. The summed E-state index contributed by atoms with van der Waals surface area (Å²) in [4.78, 5) is 14.1. The number of piperidine rings is 1. The Balaban J connectivity index is 1.86. The van der Waals surface area contributed by atoms with Crippen LogP contribution in [0.5, 0.6) is 0 Å². The fourth-order valence-corrected chi connectivity index (χ4v) is 2.18. The Morgan fingerprint density at radius 2 is 2.53 bits per heavy atom. The number of aromatic amines is 1. The minimum atomic E-state index is -0.157. The summed E-state index contributed by atoms with van der Waals surface area (Å²) in [5.41, 5.74) is 6.01. The number of carbonyl (C=O) groups excluding carboxylic acids is 1. The van der Waals surface area contributed by atoms with E-state index in [-0.39, 0.29) is 5.91 Å². The quantitative estimate of drug-likeness (QED) is 0.701. The van der Waals surface area contributed by atoms with Crippen molar-refractivity contribution < 1.29 is 4.79 Å². The van der Waals surface area contributed by atoms with Crippen LogP contribution in [-0.4, -0.2) is 47.2 Å². The number of aromatic nitrogens is 2. The number of hydrogen-bond donors (Lipinski definition) is 3. The van der Waals surface area contributed by atoms with Crippen LogP contribution in [0.2, 0.25) is 0 Å². The average molecular weight is 237 g/mol. The number of rotatable bonds is 3. The lowest BCUT2D eigenvalue weighted by Crippen LogP contribution is -2.44. The van der Waals surface area contributed by atoms with Gasteiger partial charge in [0.2, 0.25) is 0 Å². The molecule has 2 heterocycles. The lowest BCUT2D eigenvalue weighted by atomic mass is 10.0. The lowest BCUT2D eigenvalue weighted by molar-refractivity contribution is 0.0929. The molecule has 6 nitrogen and oxygen atoms in total. The lowest BCUT2D eigenvalue weighted by Gasteiger charge is -2.32. The predicted octanol–water partition coefficient (Wildman–Crippen LogP) is 0.206. The topological polar surface area (TPSA) is 87.0 Å². The summed E-state index contributed by atoms with van der Waals surface area (Å²) >= 11 is 0. The van der Waals surface area contributed by atoms with Crippen molar-refractivity contribution in [2.24, 2.45) is 0 Å². The van der Waals surface area contributed by atoms with E-state index in [1.165, 1.54) is 19.0 Å². The van der Waals surface area contributed by atoms with Gasteiger partial charge in [-0.2, -0.15) is 5.10 Å². The Kier molecular flexibility index (Phi) is 3.63. The van der Waals surface area contributed by atoms with Gasteiger partial charge in [-0.15, -0.1) is 0 Å². The van der Waals surface area contributed by atoms with E-state index < -0.39 is 0 Å². The standard InChI is InChI=1S/C11H19N5O/c1-16-5-3-2-4-8(16)6-13-11(17)9-7-14-15-10(9)12/h7-8H,2-6H2,1H3,(H,13,17)(H3,12,14,15). The van der Waals surface area contributed by atoms with E-state index in [9.17, 15) is 4.79 Å². The number of anilines is 1. The third kappa shape index (κ3) is 2.76. The molecule has 2 rings (SSSR count). The highest BCUT2D eigenvalue weighted by atomic mass is 16.1. The van der Waals surface area contributed by atoms with Crippen LogP contribution in [0.15, 0.2) is 6.20 Å². The van der Waals surface area contributed by atoms with Crippen molar-refractivity contribution in [2.45, 2.75) is 25.3 Å². The van der Waals surface area contributed by atoms with Crippen LogP contribution in [0.1, 0.15) is 29.6 Å². The molecular formula is C11H19N5O. The van der Waals surface area contributed by atoms with E-state index in [0.29, 0.717) is 24.0 Å². The smallest absolute Gasteiger partial charge is 0.256 e. The van der Waals surface area contributed by atoms with Gasteiger partial charge in [-0.3, -0.25) is 9.89 Å². The molecule has 0 spiro atoms. The van der Waals surface area contributed by atoms with Crippen molar-refractivity contribution in [3.63, 3.8) is 0 Å². The first-order valence-electron chi connectivity index (χ1n) is 5.95. The van der Waals surface area contributed by atoms with Crippen LogP contribution in [0.25, 0.3) is 0 Å². The average Bonchev–Trinajstić information content (AvgIpc) is 2.74. The van der Waals surface area contributed by atoms with E-state index in [2.05, 4.69) is 27.5 Å². The van der Waals surface area contributed by atoms with Gasteiger partial charge in [0.25, 0.3) is 5.91 Å². The number of nitrogens with one attached hydrogen (secondary N) is 2. The molecule has 0 bridgehead atoms. The Morgan fingerprint density at radius 3 is 3.18 bits per heavy atom. The number of nitrogens with zero attached hydrogens (tertiary/aromatic N) is 2.